The molecule has 0 aliphatic carbocycles. The highest BCUT2D eigenvalue weighted by Gasteiger charge is 2.29. The summed E-state index contributed by atoms with van der Waals surface area (Å²) < 4.78 is 2.83. The molecule has 1 saturated heterocycles. The standard InChI is InChI=1S/C19H19BrN4O2S2/c20-14-9-15(28-12-14)11-24-17(5-6-21-24)22-18(25)13-3-1-7-23(10-13)19(26)16-4-2-8-27-16/h2,4-6,8-9,12-13H,1,3,7,10-11H2,(H,22,25). The molecule has 0 saturated carbocycles. The molecule has 6 nitrogen and oxygen atoms in total. The van der Waals surface area contributed by atoms with E-state index in [1.54, 1.807) is 33.2 Å². The number of rotatable bonds is 5. The zero-order valence-corrected chi connectivity index (χ0v) is 18.2. The number of hydrogen-bond donors (Lipinski definition) is 1. The lowest BCUT2D eigenvalue weighted by Gasteiger charge is -2.31. The Hall–Kier alpha value is -1.97. The molecule has 28 heavy (non-hydrogen) atoms. The molecule has 3 aromatic rings. The molecule has 146 valence electrons. The van der Waals surface area contributed by atoms with Crippen molar-refractivity contribution < 1.29 is 9.59 Å². The van der Waals surface area contributed by atoms with Crippen LogP contribution in [0.1, 0.15) is 27.4 Å². The van der Waals surface area contributed by atoms with E-state index in [0.29, 0.717) is 25.5 Å². The number of anilines is 1. The lowest BCUT2D eigenvalue weighted by molar-refractivity contribution is -0.121. The second kappa shape index (κ2) is 8.59. The van der Waals surface area contributed by atoms with Crippen molar-refractivity contribution in [1.29, 1.82) is 0 Å². The summed E-state index contributed by atoms with van der Waals surface area (Å²) in [6, 6.07) is 7.56. The first-order valence-corrected chi connectivity index (χ1v) is 11.5. The first-order valence-electron chi connectivity index (χ1n) is 8.98. The number of likely N-dealkylation sites (tertiary alicyclic amines) is 1. The third kappa shape index (κ3) is 4.37. The van der Waals surface area contributed by atoms with Crippen molar-refractivity contribution in [3.63, 3.8) is 0 Å². The van der Waals surface area contributed by atoms with E-state index in [1.165, 1.54) is 11.3 Å². The van der Waals surface area contributed by atoms with Crippen molar-refractivity contribution in [2.75, 3.05) is 18.4 Å². The van der Waals surface area contributed by atoms with Gasteiger partial charge in [-0.2, -0.15) is 5.10 Å². The number of nitrogens with one attached hydrogen (secondary N) is 1. The van der Waals surface area contributed by atoms with Crippen molar-refractivity contribution in [3.8, 4) is 0 Å². The molecule has 4 heterocycles. The van der Waals surface area contributed by atoms with Crippen LogP contribution in [0, 0.1) is 5.92 Å². The number of hydrogen-bond acceptors (Lipinski definition) is 5. The molecule has 3 aromatic heterocycles. The first kappa shape index (κ1) is 19.4. The van der Waals surface area contributed by atoms with Gasteiger partial charge in [0.1, 0.15) is 5.82 Å². The average molecular weight is 479 g/mol. The number of carbonyl (C=O) groups excluding carboxylic acids is 2. The Kier molecular flexibility index (Phi) is 5.93. The molecule has 1 atom stereocenters. The summed E-state index contributed by atoms with van der Waals surface area (Å²) in [6.45, 7) is 1.76. The van der Waals surface area contributed by atoms with E-state index >= 15 is 0 Å². The maximum absolute atomic E-state index is 12.8. The van der Waals surface area contributed by atoms with Gasteiger partial charge in [0.15, 0.2) is 0 Å². The number of carbonyl (C=O) groups is 2. The van der Waals surface area contributed by atoms with Crippen LogP contribution in [0.25, 0.3) is 0 Å². The predicted octanol–water partition coefficient (Wildman–Crippen LogP) is 4.31. The normalized spacial score (nSPS) is 16.9. The van der Waals surface area contributed by atoms with Gasteiger partial charge in [-0.25, -0.2) is 4.68 Å². The zero-order valence-electron chi connectivity index (χ0n) is 15.0. The van der Waals surface area contributed by atoms with Gasteiger partial charge < -0.3 is 10.2 Å². The van der Waals surface area contributed by atoms with Crippen LogP contribution in [-0.4, -0.2) is 39.6 Å². The van der Waals surface area contributed by atoms with Crippen LogP contribution in [0.2, 0.25) is 0 Å². The van der Waals surface area contributed by atoms with E-state index in [4.69, 9.17) is 0 Å². The highest BCUT2D eigenvalue weighted by Crippen LogP contribution is 2.24. The Bertz CT molecular complexity index is 966. The summed E-state index contributed by atoms with van der Waals surface area (Å²) in [6.07, 6.45) is 3.30. The van der Waals surface area contributed by atoms with E-state index in [2.05, 4.69) is 26.3 Å². The lowest BCUT2D eigenvalue weighted by atomic mass is 9.97. The van der Waals surface area contributed by atoms with Gasteiger partial charge in [0.2, 0.25) is 5.91 Å². The third-order valence-corrected chi connectivity index (χ3v) is 7.25. The molecule has 0 radical (unpaired) electrons. The van der Waals surface area contributed by atoms with E-state index in [9.17, 15) is 9.59 Å². The molecule has 1 N–H and O–H groups in total. The Balaban J connectivity index is 1.40. The molecular weight excluding hydrogens is 460 g/mol. The van der Waals surface area contributed by atoms with Crippen molar-refractivity contribution >= 4 is 56.2 Å². The maximum atomic E-state index is 12.8. The first-order chi connectivity index (χ1) is 13.6. The summed E-state index contributed by atoms with van der Waals surface area (Å²) in [5.41, 5.74) is 0. The van der Waals surface area contributed by atoms with Crippen LogP contribution in [0.5, 0.6) is 0 Å². The second-order valence-corrected chi connectivity index (χ2v) is 9.52. The van der Waals surface area contributed by atoms with Gasteiger partial charge in [0.25, 0.3) is 5.91 Å². The summed E-state index contributed by atoms with van der Waals surface area (Å²) in [5.74, 6) is 0.423. The summed E-state index contributed by atoms with van der Waals surface area (Å²) in [4.78, 5) is 29.1. The molecule has 1 unspecified atom stereocenters. The molecule has 1 aliphatic heterocycles. The number of aromatic nitrogens is 2. The van der Waals surface area contributed by atoms with Gasteiger partial charge in [-0.15, -0.1) is 22.7 Å². The van der Waals surface area contributed by atoms with E-state index in [0.717, 1.165) is 27.1 Å². The van der Waals surface area contributed by atoms with Crippen LogP contribution >= 0.6 is 38.6 Å². The van der Waals surface area contributed by atoms with Crippen molar-refractivity contribution in [2.45, 2.75) is 19.4 Å². The van der Waals surface area contributed by atoms with E-state index in [1.807, 2.05) is 29.0 Å². The number of thiophene rings is 2. The number of amides is 2. The van der Waals surface area contributed by atoms with Gasteiger partial charge in [-0.1, -0.05) is 6.07 Å². The van der Waals surface area contributed by atoms with Gasteiger partial charge in [0.05, 0.1) is 23.5 Å². The molecule has 0 spiro atoms. The second-order valence-electron chi connectivity index (χ2n) is 6.66. The molecule has 0 bridgehead atoms. The fourth-order valence-corrected chi connectivity index (χ4v) is 5.43. The molecule has 4 rings (SSSR count). The summed E-state index contributed by atoms with van der Waals surface area (Å²) in [5, 5.41) is 11.3. The van der Waals surface area contributed by atoms with Gasteiger partial charge in [-0.05, 0) is 46.3 Å². The van der Waals surface area contributed by atoms with Gasteiger partial charge >= 0.3 is 0 Å². The van der Waals surface area contributed by atoms with Gasteiger partial charge in [0, 0.05) is 33.9 Å². The van der Waals surface area contributed by atoms with E-state index in [-0.39, 0.29) is 17.7 Å². The molecular formula is C19H19BrN4O2S2. The minimum atomic E-state index is -0.211. The highest BCUT2D eigenvalue weighted by atomic mass is 79.9. The fraction of sp³-hybridized carbons (Fsp3) is 0.316. The van der Waals surface area contributed by atoms with Crippen molar-refractivity contribution in [2.24, 2.45) is 5.92 Å². The van der Waals surface area contributed by atoms with Crippen molar-refractivity contribution in [1.82, 2.24) is 14.7 Å². The summed E-state index contributed by atoms with van der Waals surface area (Å²) in [7, 11) is 0. The number of halogens is 1. The maximum Gasteiger partial charge on any atom is 0.263 e. The van der Waals surface area contributed by atoms with Crippen LogP contribution in [0.3, 0.4) is 0 Å². The fourth-order valence-electron chi connectivity index (χ4n) is 3.31. The minimum Gasteiger partial charge on any atom is -0.337 e. The predicted molar refractivity (Wildman–Crippen MR) is 115 cm³/mol. The van der Waals surface area contributed by atoms with Gasteiger partial charge in [-0.3, -0.25) is 9.59 Å². The van der Waals surface area contributed by atoms with Crippen LogP contribution in [-0.2, 0) is 11.3 Å². The third-order valence-electron chi connectivity index (χ3n) is 4.71. The Morgan fingerprint density at radius 3 is 2.96 bits per heavy atom. The van der Waals surface area contributed by atoms with Crippen molar-refractivity contribution in [3.05, 3.63) is 55.4 Å². The van der Waals surface area contributed by atoms with Crippen LogP contribution in [0.4, 0.5) is 5.82 Å². The monoisotopic (exact) mass is 478 g/mol. The molecule has 1 fully saturated rings. The Morgan fingerprint density at radius 1 is 1.32 bits per heavy atom. The molecule has 1 aliphatic rings. The van der Waals surface area contributed by atoms with Crippen LogP contribution in [0.15, 0.2) is 45.7 Å². The van der Waals surface area contributed by atoms with Crippen LogP contribution < -0.4 is 5.32 Å². The SMILES string of the molecule is O=C(Nc1ccnn1Cc1cc(Br)cs1)C1CCCN(C(=O)c2cccs2)C1. The Morgan fingerprint density at radius 2 is 2.21 bits per heavy atom. The highest BCUT2D eigenvalue weighted by molar-refractivity contribution is 9.10. The molecule has 9 heteroatoms. The lowest BCUT2D eigenvalue weighted by Crippen LogP contribution is -2.43. The average Bonchev–Trinajstić information content (AvgIpc) is 3.45. The number of piperidine rings is 1. The molecule has 2 amide bonds. The smallest absolute Gasteiger partial charge is 0.263 e. The quantitative estimate of drug-likeness (QED) is 0.593. The van der Waals surface area contributed by atoms with E-state index < -0.39 is 0 Å². The number of nitrogens with zero attached hydrogens (tertiary/aromatic N) is 3. The summed E-state index contributed by atoms with van der Waals surface area (Å²) >= 11 is 6.54. The zero-order chi connectivity index (χ0) is 19.5. The minimum absolute atomic E-state index is 0.0146. The Labute approximate surface area is 179 Å². The largest absolute Gasteiger partial charge is 0.337 e. The topological polar surface area (TPSA) is 67.2 Å². The molecule has 0 aromatic carbocycles.